The van der Waals surface area contributed by atoms with Gasteiger partial charge in [0.1, 0.15) is 5.76 Å². The molecule has 4 heteroatoms. The van der Waals surface area contributed by atoms with Gasteiger partial charge < -0.3 is 14.5 Å². The van der Waals surface area contributed by atoms with Gasteiger partial charge in [0.15, 0.2) is 11.3 Å². The van der Waals surface area contributed by atoms with Gasteiger partial charge in [0, 0.05) is 28.9 Å². The smallest absolute Gasteiger partial charge is 0.176 e. The maximum atomic E-state index is 6.06. The number of rotatable bonds is 7. The van der Waals surface area contributed by atoms with Gasteiger partial charge in [-0.25, -0.2) is 0 Å². The molecule has 2 aromatic heterocycles. The summed E-state index contributed by atoms with van der Waals surface area (Å²) in [5, 5.41) is 6.71. The Morgan fingerprint density at radius 3 is 2.69 bits per heavy atom. The number of ether oxygens (including phenoxy) is 1. The number of thiophene rings is 1. The first-order valence-electron chi connectivity index (χ1n) is 8.72. The second-order valence-corrected chi connectivity index (χ2v) is 7.23. The fraction of sp³-hybridized carbons (Fsp3) is 0.182. The van der Waals surface area contributed by atoms with Gasteiger partial charge in [-0.3, -0.25) is 0 Å². The fourth-order valence-corrected chi connectivity index (χ4v) is 3.79. The monoisotopic (exact) mass is 363 g/mol. The van der Waals surface area contributed by atoms with E-state index in [0.29, 0.717) is 0 Å². The molecule has 1 N–H and O–H groups in total. The van der Waals surface area contributed by atoms with Crippen molar-refractivity contribution >= 4 is 22.3 Å². The summed E-state index contributed by atoms with van der Waals surface area (Å²) >= 11 is 1.81. The van der Waals surface area contributed by atoms with Gasteiger partial charge in [-0.1, -0.05) is 36.4 Å². The van der Waals surface area contributed by atoms with Gasteiger partial charge in [-0.15, -0.1) is 11.3 Å². The maximum Gasteiger partial charge on any atom is 0.176 e. The molecule has 0 saturated heterocycles. The fourth-order valence-electron chi connectivity index (χ4n) is 3.08. The number of methoxy groups -OCH3 is 1. The number of benzene rings is 2. The van der Waals surface area contributed by atoms with Crippen molar-refractivity contribution < 1.29 is 9.15 Å². The highest BCUT2D eigenvalue weighted by molar-refractivity contribution is 7.09. The molecule has 0 aliphatic carbocycles. The average Bonchev–Trinajstić information content (AvgIpc) is 3.35. The van der Waals surface area contributed by atoms with E-state index in [0.717, 1.165) is 47.6 Å². The minimum absolute atomic E-state index is 0.778. The van der Waals surface area contributed by atoms with Crippen LogP contribution in [-0.4, -0.2) is 13.7 Å². The third kappa shape index (κ3) is 3.66. The Bertz CT molecular complexity index is 974. The van der Waals surface area contributed by atoms with Crippen LogP contribution in [0.4, 0.5) is 0 Å². The summed E-state index contributed by atoms with van der Waals surface area (Å²) in [7, 11) is 1.69. The third-order valence-corrected chi connectivity index (χ3v) is 5.31. The van der Waals surface area contributed by atoms with E-state index in [1.165, 1.54) is 10.4 Å². The second kappa shape index (κ2) is 7.77. The average molecular weight is 363 g/mol. The molecule has 4 rings (SSSR count). The molecule has 2 heterocycles. The van der Waals surface area contributed by atoms with Gasteiger partial charge in [-0.05, 0) is 41.6 Å². The summed E-state index contributed by atoms with van der Waals surface area (Å²) in [6.07, 6.45) is 1.06. The van der Waals surface area contributed by atoms with E-state index in [4.69, 9.17) is 9.15 Å². The van der Waals surface area contributed by atoms with Crippen LogP contribution in [0.1, 0.15) is 10.4 Å². The predicted octanol–water partition coefficient (Wildman–Crippen LogP) is 5.50. The van der Waals surface area contributed by atoms with E-state index in [1.807, 2.05) is 18.2 Å². The summed E-state index contributed by atoms with van der Waals surface area (Å²) in [6.45, 7) is 1.77. The zero-order valence-electron chi connectivity index (χ0n) is 14.7. The van der Waals surface area contributed by atoms with Crippen molar-refractivity contribution in [1.82, 2.24) is 5.32 Å². The Morgan fingerprint density at radius 2 is 1.92 bits per heavy atom. The number of hydrogen-bond acceptors (Lipinski definition) is 4. The van der Waals surface area contributed by atoms with Crippen LogP contribution in [0.2, 0.25) is 0 Å². The largest absolute Gasteiger partial charge is 0.493 e. The van der Waals surface area contributed by atoms with Crippen molar-refractivity contribution in [2.45, 2.75) is 13.0 Å². The van der Waals surface area contributed by atoms with Gasteiger partial charge >= 0.3 is 0 Å². The van der Waals surface area contributed by atoms with Gasteiger partial charge in [0.2, 0.25) is 0 Å². The van der Waals surface area contributed by atoms with Gasteiger partial charge in [-0.2, -0.15) is 0 Å². The van der Waals surface area contributed by atoms with E-state index >= 15 is 0 Å². The molecule has 0 aliphatic rings. The number of furan rings is 1. The predicted molar refractivity (Wildman–Crippen MR) is 108 cm³/mol. The summed E-state index contributed by atoms with van der Waals surface area (Å²) in [5.74, 6) is 1.64. The maximum absolute atomic E-state index is 6.06. The summed E-state index contributed by atoms with van der Waals surface area (Å²) in [4.78, 5) is 1.41. The molecule has 0 spiro atoms. The summed E-state index contributed by atoms with van der Waals surface area (Å²) < 4.78 is 11.6. The zero-order valence-corrected chi connectivity index (χ0v) is 15.5. The Morgan fingerprint density at radius 1 is 1.04 bits per heavy atom. The lowest BCUT2D eigenvalue weighted by Gasteiger charge is -2.07. The molecule has 132 valence electrons. The number of nitrogens with one attached hydrogen (secondary N) is 1. The van der Waals surface area contributed by atoms with Crippen molar-refractivity contribution in [1.29, 1.82) is 0 Å². The third-order valence-electron chi connectivity index (χ3n) is 4.38. The van der Waals surface area contributed by atoms with Crippen LogP contribution in [0, 0.1) is 0 Å². The molecule has 0 amide bonds. The highest BCUT2D eigenvalue weighted by Gasteiger charge is 2.12. The van der Waals surface area contributed by atoms with E-state index in [1.54, 1.807) is 18.4 Å². The van der Waals surface area contributed by atoms with Crippen LogP contribution in [0.25, 0.3) is 22.3 Å². The lowest BCUT2D eigenvalue weighted by molar-refractivity contribution is 0.410. The van der Waals surface area contributed by atoms with Crippen LogP contribution in [-0.2, 0) is 13.0 Å². The van der Waals surface area contributed by atoms with E-state index in [2.05, 4.69) is 53.2 Å². The first kappa shape index (κ1) is 16.9. The van der Waals surface area contributed by atoms with Crippen molar-refractivity contribution in [3.05, 3.63) is 76.5 Å². The Balaban J connectivity index is 1.52. The molecule has 4 aromatic rings. The highest BCUT2D eigenvalue weighted by Crippen LogP contribution is 2.34. The normalized spacial score (nSPS) is 11.1. The van der Waals surface area contributed by atoms with Crippen molar-refractivity contribution in [2.75, 3.05) is 13.7 Å². The standard InChI is InChI=1S/C22H21NO2S/c1-24-21-13-16(15-23-10-9-19-8-5-11-26-19)12-18-14-20(25-22(18)21)17-6-3-2-4-7-17/h2-8,11-14,23H,9-10,15H2,1H3. The Hall–Kier alpha value is -2.56. The van der Waals surface area contributed by atoms with Gasteiger partial charge in [0.25, 0.3) is 0 Å². The van der Waals surface area contributed by atoms with E-state index in [9.17, 15) is 0 Å². The molecular weight excluding hydrogens is 342 g/mol. The molecular formula is C22H21NO2S. The van der Waals surface area contributed by atoms with Crippen LogP contribution < -0.4 is 10.1 Å². The molecule has 0 atom stereocenters. The SMILES string of the molecule is COc1cc(CNCCc2cccs2)cc2cc(-c3ccccc3)oc12. The molecule has 3 nitrogen and oxygen atoms in total. The molecule has 0 radical (unpaired) electrons. The highest BCUT2D eigenvalue weighted by atomic mass is 32.1. The molecule has 0 unspecified atom stereocenters. The van der Waals surface area contributed by atoms with Crippen LogP contribution in [0.5, 0.6) is 5.75 Å². The van der Waals surface area contributed by atoms with Crippen molar-refractivity contribution in [3.63, 3.8) is 0 Å². The number of hydrogen-bond donors (Lipinski definition) is 1. The number of fused-ring (bicyclic) bond motifs is 1. The van der Waals surface area contributed by atoms with E-state index < -0.39 is 0 Å². The van der Waals surface area contributed by atoms with Crippen molar-refractivity contribution in [2.24, 2.45) is 0 Å². The lowest BCUT2D eigenvalue weighted by Crippen LogP contribution is -2.16. The quantitative estimate of drug-likeness (QED) is 0.440. The minimum Gasteiger partial charge on any atom is -0.493 e. The lowest BCUT2D eigenvalue weighted by atomic mass is 10.1. The molecule has 0 aliphatic heterocycles. The molecule has 0 saturated carbocycles. The first-order valence-corrected chi connectivity index (χ1v) is 9.60. The summed E-state index contributed by atoms with van der Waals surface area (Å²) in [6, 6.07) is 20.7. The molecule has 26 heavy (non-hydrogen) atoms. The molecule has 2 aromatic carbocycles. The zero-order chi connectivity index (χ0) is 17.8. The van der Waals surface area contributed by atoms with Crippen LogP contribution in [0.15, 0.2) is 70.5 Å². The minimum atomic E-state index is 0.778. The first-order chi connectivity index (χ1) is 12.8. The van der Waals surface area contributed by atoms with Crippen LogP contribution >= 0.6 is 11.3 Å². The second-order valence-electron chi connectivity index (χ2n) is 6.20. The van der Waals surface area contributed by atoms with E-state index in [-0.39, 0.29) is 0 Å². The Labute approximate surface area is 157 Å². The Kier molecular flexibility index (Phi) is 5.04. The van der Waals surface area contributed by atoms with Crippen molar-refractivity contribution in [3.8, 4) is 17.1 Å². The molecule has 0 fully saturated rings. The topological polar surface area (TPSA) is 34.4 Å². The van der Waals surface area contributed by atoms with Crippen LogP contribution in [0.3, 0.4) is 0 Å². The molecule has 0 bridgehead atoms. The summed E-state index contributed by atoms with van der Waals surface area (Å²) in [5.41, 5.74) is 3.07. The van der Waals surface area contributed by atoms with Gasteiger partial charge in [0.05, 0.1) is 7.11 Å².